The second kappa shape index (κ2) is 10.5. The van der Waals surface area contributed by atoms with Gasteiger partial charge < -0.3 is 16.4 Å². The zero-order chi connectivity index (χ0) is 24.1. The SMILES string of the molecule is Nc1ccc(C(F)(F)F)c(CCCN2CCN(C(c3ccccc3)c3ccccc3)CC2)c1N. The van der Waals surface area contributed by atoms with E-state index >= 15 is 0 Å². The zero-order valence-electron chi connectivity index (χ0n) is 19.1. The molecule has 0 amide bonds. The Labute approximate surface area is 199 Å². The topological polar surface area (TPSA) is 58.5 Å². The number of nitrogens with two attached hydrogens (primary N) is 2. The molecule has 1 fully saturated rings. The van der Waals surface area contributed by atoms with Crippen LogP contribution < -0.4 is 11.5 Å². The normalized spacial score (nSPS) is 15.6. The van der Waals surface area contributed by atoms with Crippen LogP contribution in [-0.4, -0.2) is 42.5 Å². The molecule has 34 heavy (non-hydrogen) atoms. The van der Waals surface area contributed by atoms with Gasteiger partial charge in [0.2, 0.25) is 0 Å². The van der Waals surface area contributed by atoms with Gasteiger partial charge in [-0.05, 0) is 48.2 Å². The molecule has 0 aliphatic carbocycles. The summed E-state index contributed by atoms with van der Waals surface area (Å²) in [6, 6.07) is 23.4. The molecule has 4 N–H and O–H groups in total. The Morgan fingerprint density at radius 1 is 0.765 bits per heavy atom. The fourth-order valence-electron chi connectivity index (χ4n) is 4.83. The third-order valence-corrected chi connectivity index (χ3v) is 6.60. The summed E-state index contributed by atoms with van der Waals surface area (Å²) in [4.78, 5) is 4.80. The van der Waals surface area contributed by atoms with Gasteiger partial charge in [0, 0.05) is 26.2 Å². The van der Waals surface area contributed by atoms with Crippen molar-refractivity contribution in [3.05, 3.63) is 95.1 Å². The number of hydrogen-bond donors (Lipinski definition) is 2. The van der Waals surface area contributed by atoms with Crippen molar-refractivity contribution < 1.29 is 13.2 Å². The molecule has 0 aromatic heterocycles. The van der Waals surface area contributed by atoms with E-state index in [0.29, 0.717) is 6.42 Å². The Hall–Kier alpha value is -3.03. The van der Waals surface area contributed by atoms with E-state index in [-0.39, 0.29) is 29.4 Å². The molecule has 0 radical (unpaired) electrons. The smallest absolute Gasteiger partial charge is 0.397 e. The van der Waals surface area contributed by atoms with Crippen molar-refractivity contribution in [2.45, 2.75) is 25.1 Å². The monoisotopic (exact) mass is 468 g/mol. The van der Waals surface area contributed by atoms with Crippen LogP contribution in [0.2, 0.25) is 0 Å². The van der Waals surface area contributed by atoms with Crippen molar-refractivity contribution in [2.24, 2.45) is 0 Å². The highest BCUT2D eigenvalue weighted by Gasteiger charge is 2.34. The summed E-state index contributed by atoms with van der Waals surface area (Å²) in [6.45, 7) is 4.25. The lowest BCUT2D eigenvalue weighted by atomic mass is 9.96. The van der Waals surface area contributed by atoms with Crippen LogP contribution in [0.15, 0.2) is 72.8 Å². The van der Waals surface area contributed by atoms with E-state index in [1.165, 1.54) is 17.2 Å². The zero-order valence-corrected chi connectivity index (χ0v) is 19.1. The Bertz CT molecular complexity index is 1020. The van der Waals surface area contributed by atoms with Gasteiger partial charge in [-0.15, -0.1) is 0 Å². The van der Waals surface area contributed by atoms with Crippen LogP contribution in [0.5, 0.6) is 0 Å². The molecule has 180 valence electrons. The third-order valence-electron chi connectivity index (χ3n) is 6.60. The average Bonchev–Trinajstić information content (AvgIpc) is 2.83. The Balaban J connectivity index is 1.38. The maximum absolute atomic E-state index is 13.4. The molecule has 0 unspecified atom stereocenters. The van der Waals surface area contributed by atoms with E-state index in [1.54, 1.807) is 0 Å². The number of anilines is 2. The lowest BCUT2D eigenvalue weighted by Gasteiger charge is -2.40. The van der Waals surface area contributed by atoms with Crippen molar-refractivity contribution in [1.82, 2.24) is 9.80 Å². The number of hydrogen-bond acceptors (Lipinski definition) is 4. The molecule has 1 saturated heterocycles. The molecule has 4 nitrogen and oxygen atoms in total. The van der Waals surface area contributed by atoms with Crippen LogP contribution in [0, 0.1) is 0 Å². The standard InChI is InChI=1S/C27H31F3N4/c28-27(29,30)23-13-14-24(31)25(32)22(23)12-7-15-33-16-18-34(19-17-33)26(20-8-3-1-4-9-20)21-10-5-2-6-11-21/h1-6,8-11,13-14,26H,7,12,15-19,31-32H2. The lowest BCUT2D eigenvalue weighted by Crippen LogP contribution is -2.48. The van der Waals surface area contributed by atoms with E-state index < -0.39 is 11.7 Å². The molecule has 7 heteroatoms. The van der Waals surface area contributed by atoms with Gasteiger partial charge in [0.1, 0.15) is 0 Å². The predicted molar refractivity (Wildman–Crippen MR) is 131 cm³/mol. The second-order valence-corrected chi connectivity index (χ2v) is 8.80. The highest BCUT2D eigenvalue weighted by molar-refractivity contribution is 5.69. The molecule has 0 saturated carbocycles. The summed E-state index contributed by atoms with van der Waals surface area (Å²) in [5, 5.41) is 0. The summed E-state index contributed by atoms with van der Waals surface area (Å²) < 4.78 is 40.3. The largest absolute Gasteiger partial charge is 0.416 e. The van der Waals surface area contributed by atoms with Gasteiger partial charge >= 0.3 is 6.18 Å². The molecule has 4 rings (SSSR count). The Morgan fingerprint density at radius 2 is 1.32 bits per heavy atom. The maximum atomic E-state index is 13.4. The highest BCUT2D eigenvalue weighted by atomic mass is 19.4. The highest BCUT2D eigenvalue weighted by Crippen LogP contribution is 2.37. The summed E-state index contributed by atoms with van der Waals surface area (Å²) >= 11 is 0. The molecule has 1 aliphatic rings. The summed E-state index contributed by atoms with van der Waals surface area (Å²) in [6.07, 6.45) is -3.59. The van der Waals surface area contributed by atoms with Crippen molar-refractivity contribution in [2.75, 3.05) is 44.2 Å². The van der Waals surface area contributed by atoms with E-state index in [0.717, 1.165) is 38.8 Å². The van der Waals surface area contributed by atoms with Crippen LogP contribution in [0.1, 0.15) is 34.7 Å². The predicted octanol–water partition coefficient (Wildman–Crippen LogP) is 5.21. The number of halogens is 3. The van der Waals surface area contributed by atoms with Gasteiger partial charge in [-0.1, -0.05) is 60.7 Å². The van der Waals surface area contributed by atoms with E-state index in [2.05, 4.69) is 58.3 Å². The fraction of sp³-hybridized carbons (Fsp3) is 0.333. The Kier molecular flexibility index (Phi) is 7.44. The van der Waals surface area contributed by atoms with Gasteiger partial charge in [-0.3, -0.25) is 4.90 Å². The van der Waals surface area contributed by atoms with Gasteiger partial charge in [0.25, 0.3) is 0 Å². The van der Waals surface area contributed by atoms with E-state index in [4.69, 9.17) is 11.5 Å². The van der Waals surface area contributed by atoms with Gasteiger partial charge in [-0.2, -0.15) is 13.2 Å². The number of piperazine rings is 1. The number of nitrogens with zero attached hydrogens (tertiary/aromatic N) is 2. The summed E-state index contributed by atoms with van der Waals surface area (Å²) in [5.41, 5.74) is 13.9. The first-order valence-corrected chi connectivity index (χ1v) is 11.6. The van der Waals surface area contributed by atoms with Crippen LogP contribution in [0.3, 0.4) is 0 Å². The molecule has 0 bridgehead atoms. The molecular formula is C27H31F3N4. The second-order valence-electron chi connectivity index (χ2n) is 8.80. The van der Waals surface area contributed by atoms with Crippen LogP contribution in [-0.2, 0) is 12.6 Å². The average molecular weight is 469 g/mol. The molecule has 1 aliphatic heterocycles. The minimum atomic E-state index is -4.44. The van der Waals surface area contributed by atoms with Gasteiger partial charge in [0.15, 0.2) is 0 Å². The first kappa shape index (κ1) is 24.1. The fourth-order valence-corrected chi connectivity index (χ4v) is 4.83. The van der Waals surface area contributed by atoms with Gasteiger partial charge in [-0.25, -0.2) is 0 Å². The van der Waals surface area contributed by atoms with Crippen LogP contribution in [0.25, 0.3) is 0 Å². The molecule has 3 aromatic rings. The first-order chi connectivity index (χ1) is 16.3. The number of benzene rings is 3. The number of nitrogen functional groups attached to an aromatic ring is 2. The lowest BCUT2D eigenvalue weighted by molar-refractivity contribution is -0.138. The van der Waals surface area contributed by atoms with E-state index in [9.17, 15) is 13.2 Å². The van der Waals surface area contributed by atoms with Crippen molar-refractivity contribution in [3.63, 3.8) is 0 Å². The van der Waals surface area contributed by atoms with Crippen molar-refractivity contribution in [1.29, 1.82) is 0 Å². The molecule has 0 spiro atoms. The molecular weight excluding hydrogens is 437 g/mol. The van der Waals surface area contributed by atoms with Gasteiger partial charge in [0.05, 0.1) is 23.0 Å². The number of alkyl halides is 3. The molecule has 0 atom stereocenters. The third kappa shape index (κ3) is 5.54. The van der Waals surface area contributed by atoms with E-state index in [1.807, 2.05) is 12.1 Å². The minimum Gasteiger partial charge on any atom is -0.397 e. The molecule has 1 heterocycles. The van der Waals surface area contributed by atoms with Crippen LogP contribution in [0.4, 0.5) is 24.5 Å². The maximum Gasteiger partial charge on any atom is 0.416 e. The first-order valence-electron chi connectivity index (χ1n) is 11.6. The van der Waals surface area contributed by atoms with Crippen LogP contribution >= 0.6 is 0 Å². The molecule has 3 aromatic carbocycles. The van der Waals surface area contributed by atoms with Crippen molar-refractivity contribution in [3.8, 4) is 0 Å². The minimum absolute atomic E-state index is 0.0493. The Morgan fingerprint density at radius 3 is 1.85 bits per heavy atom. The summed E-state index contributed by atoms with van der Waals surface area (Å²) in [5.74, 6) is 0. The van der Waals surface area contributed by atoms with Crippen molar-refractivity contribution >= 4 is 11.4 Å². The summed E-state index contributed by atoms with van der Waals surface area (Å²) in [7, 11) is 0. The quantitative estimate of drug-likeness (QED) is 0.468. The number of rotatable bonds is 7.